The molecule has 1 heterocycles. The summed E-state index contributed by atoms with van der Waals surface area (Å²) in [7, 11) is 0. The number of thioether (sulfide) groups is 1. The Kier molecular flexibility index (Phi) is 6.14. The Hall–Kier alpha value is -1.76. The van der Waals surface area contributed by atoms with Crippen molar-refractivity contribution in [3.8, 4) is 0 Å². The number of hydrogen-bond donors (Lipinski definition) is 1. The number of nitrogens with zero attached hydrogens (tertiary/aromatic N) is 1. The summed E-state index contributed by atoms with van der Waals surface area (Å²) in [5.74, 6) is -0.888. The zero-order chi connectivity index (χ0) is 14.3. The van der Waals surface area contributed by atoms with E-state index < -0.39 is 5.97 Å². The van der Waals surface area contributed by atoms with Crippen molar-refractivity contribution in [1.29, 1.82) is 0 Å². The average Bonchev–Trinajstić information content (AvgIpc) is 2.34. The minimum absolute atomic E-state index is 0.00400. The van der Waals surface area contributed by atoms with Crippen molar-refractivity contribution in [3.05, 3.63) is 29.6 Å². The van der Waals surface area contributed by atoms with Crippen LogP contribution in [0, 0.1) is 5.21 Å². The number of pyridine rings is 1. The summed E-state index contributed by atoms with van der Waals surface area (Å²) >= 11 is 1.06. The van der Waals surface area contributed by atoms with Gasteiger partial charge in [-0.15, -0.1) is 0 Å². The molecule has 0 aliphatic heterocycles. The maximum Gasteiger partial charge on any atom is 0.317 e. The number of hydrogen-bond acceptors (Lipinski definition) is 5. The molecule has 7 heteroatoms. The average molecular weight is 284 g/mol. The summed E-state index contributed by atoms with van der Waals surface area (Å²) in [4.78, 5) is 22.6. The topological polar surface area (TPSA) is 82.3 Å². The Labute approximate surface area is 115 Å². The van der Waals surface area contributed by atoms with E-state index in [-0.39, 0.29) is 24.3 Å². The normalized spacial score (nSPS) is 10.3. The van der Waals surface area contributed by atoms with Crippen LogP contribution in [0.3, 0.4) is 0 Å². The molecule has 19 heavy (non-hydrogen) atoms. The molecule has 0 spiro atoms. The first kappa shape index (κ1) is 15.3. The molecule has 6 nitrogen and oxygen atoms in total. The largest absolute Gasteiger partial charge is 0.618 e. The van der Waals surface area contributed by atoms with Gasteiger partial charge < -0.3 is 15.3 Å². The molecule has 0 radical (unpaired) electrons. The Bertz CT molecular complexity index is 451. The second kappa shape index (κ2) is 7.63. The van der Waals surface area contributed by atoms with E-state index in [1.54, 1.807) is 18.2 Å². The summed E-state index contributed by atoms with van der Waals surface area (Å²) in [6.45, 7) is 3.33. The SMILES string of the molecule is CC(C)NC(=O)COC(=O)CSc1cccc[n+]1[O-]. The predicted molar refractivity (Wildman–Crippen MR) is 70.4 cm³/mol. The van der Waals surface area contributed by atoms with E-state index in [1.807, 2.05) is 13.8 Å². The van der Waals surface area contributed by atoms with Gasteiger partial charge in [0, 0.05) is 18.2 Å². The van der Waals surface area contributed by atoms with Crippen LogP contribution in [0.4, 0.5) is 0 Å². The molecule has 0 saturated heterocycles. The highest BCUT2D eigenvalue weighted by atomic mass is 32.2. The van der Waals surface area contributed by atoms with Crippen molar-refractivity contribution in [2.45, 2.75) is 24.9 Å². The summed E-state index contributed by atoms with van der Waals surface area (Å²) in [5, 5.41) is 14.3. The molecular formula is C12H16N2O4S. The van der Waals surface area contributed by atoms with Crippen LogP contribution in [-0.2, 0) is 14.3 Å². The number of carbonyl (C=O) groups excluding carboxylic acids is 2. The second-order valence-corrected chi connectivity index (χ2v) is 5.03. The monoisotopic (exact) mass is 284 g/mol. The van der Waals surface area contributed by atoms with Gasteiger partial charge in [-0.1, -0.05) is 0 Å². The van der Waals surface area contributed by atoms with Gasteiger partial charge in [-0.3, -0.25) is 9.59 Å². The van der Waals surface area contributed by atoms with Gasteiger partial charge in [0.2, 0.25) is 0 Å². The van der Waals surface area contributed by atoms with Crippen molar-refractivity contribution in [2.75, 3.05) is 12.4 Å². The van der Waals surface area contributed by atoms with E-state index >= 15 is 0 Å². The lowest BCUT2D eigenvalue weighted by Gasteiger charge is -2.08. The summed E-state index contributed by atoms with van der Waals surface area (Å²) < 4.78 is 5.45. The third kappa shape index (κ3) is 6.10. The number of aromatic nitrogens is 1. The maximum absolute atomic E-state index is 11.4. The van der Waals surface area contributed by atoms with E-state index in [0.29, 0.717) is 9.76 Å². The third-order valence-electron chi connectivity index (χ3n) is 1.94. The maximum atomic E-state index is 11.4. The molecule has 0 aromatic carbocycles. The molecule has 0 aliphatic carbocycles. The van der Waals surface area contributed by atoms with Crippen LogP contribution in [0.15, 0.2) is 29.4 Å². The van der Waals surface area contributed by atoms with Gasteiger partial charge >= 0.3 is 5.97 Å². The lowest BCUT2D eigenvalue weighted by atomic mass is 10.4. The lowest BCUT2D eigenvalue weighted by Crippen LogP contribution is -2.34. The van der Waals surface area contributed by atoms with Crippen LogP contribution in [0.1, 0.15) is 13.8 Å². The minimum atomic E-state index is -0.534. The van der Waals surface area contributed by atoms with E-state index in [9.17, 15) is 14.8 Å². The number of ether oxygens (including phenoxy) is 1. The Morgan fingerprint density at radius 2 is 2.21 bits per heavy atom. The van der Waals surface area contributed by atoms with Crippen molar-refractivity contribution in [3.63, 3.8) is 0 Å². The Morgan fingerprint density at radius 1 is 1.47 bits per heavy atom. The van der Waals surface area contributed by atoms with Gasteiger partial charge in [-0.2, -0.15) is 4.73 Å². The van der Waals surface area contributed by atoms with E-state index in [1.165, 1.54) is 6.20 Å². The molecule has 0 bridgehead atoms. The van der Waals surface area contributed by atoms with E-state index in [2.05, 4.69) is 5.32 Å². The molecular weight excluding hydrogens is 268 g/mol. The fourth-order valence-electron chi connectivity index (χ4n) is 1.21. The minimum Gasteiger partial charge on any atom is -0.618 e. The predicted octanol–water partition coefficient (Wildman–Crippen LogP) is 0.480. The van der Waals surface area contributed by atoms with Gasteiger partial charge in [0.05, 0.1) is 0 Å². The zero-order valence-corrected chi connectivity index (χ0v) is 11.6. The second-order valence-electron chi connectivity index (χ2n) is 4.04. The van der Waals surface area contributed by atoms with Gasteiger partial charge in [-0.05, 0) is 31.7 Å². The van der Waals surface area contributed by atoms with Gasteiger partial charge in [0.25, 0.3) is 10.9 Å². The van der Waals surface area contributed by atoms with Crippen LogP contribution in [0.5, 0.6) is 0 Å². The lowest BCUT2D eigenvalue weighted by molar-refractivity contribution is -0.645. The van der Waals surface area contributed by atoms with Gasteiger partial charge in [0.1, 0.15) is 5.75 Å². The molecule has 1 aromatic rings. The molecule has 1 rings (SSSR count). The van der Waals surface area contributed by atoms with Crippen molar-refractivity contribution in [2.24, 2.45) is 0 Å². The number of nitrogens with one attached hydrogen (secondary N) is 1. The van der Waals surface area contributed by atoms with Crippen LogP contribution >= 0.6 is 11.8 Å². The van der Waals surface area contributed by atoms with Crippen molar-refractivity contribution < 1.29 is 19.1 Å². The highest BCUT2D eigenvalue weighted by molar-refractivity contribution is 7.99. The highest BCUT2D eigenvalue weighted by Crippen LogP contribution is 2.12. The van der Waals surface area contributed by atoms with Crippen LogP contribution in [0.25, 0.3) is 0 Å². The number of esters is 1. The third-order valence-corrected chi connectivity index (χ3v) is 2.93. The molecule has 0 atom stereocenters. The summed E-state index contributed by atoms with van der Waals surface area (Å²) in [5.41, 5.74) is 0. The number of amides is 1. The first-order valence-electron chi connectivity index (χ1n) is 5.75. The molecule has 0 fully saturated rings. The zero-order valence-electron chi connectivity index (χ0n) is 10.8. The molecule has 0 aliphatic rings. The van der Waals surface area contributed by atoms with Crippen molar-refractivity contribution >= 4 is 23.6 Å². The first-order valence-corrected chi connectivity index (χ1v) is 6.73. The van der Waals surface area contributed by atoms with Gasteiger partial charge in [0.15, 0.2) is 12.8 Å². The fraction of sp³-hybridized carbons (Fsp3) is 0.417. The Morgan fingerprint density at radius 3 is 2.84 bits per heavy atom. The van der Waals surface area contributed by atoms with Gasteiger partial charge in [-0.25, -0.2) is 0 Å². The molecule has 104 valence electrons. The molecule has 1 amide bonds. The Balaban J connectivity index is 2.29. The molecule has 0 unspecified atom stereocenters. The summed E-state index contributed by atoms with van der Waals surface area (Å²) in [6, 6.07) is 4.92. The number of carbonyl (C=O) groups is 2. The van der Waals surface area contributed by atoms with Crippen LogP contribution < -0.4 is 10.0 Å². The first-order chi connectivity index (χ1) is 8.99. The smallest absolute Gasteiger partial charge is 0.317 e. The molecule has 0 saturated carbocycles. The summed E-state index contributed by atoms with van der Waals surface area (Å²) in [6.07, 6.45) is 1.35. The van der Waals surface area contributed by atoms with E-state index in [4.69, 9.17) is 4.74 Å². The fourth-order valence-corrected chi connectivity index (χ4v) is 1.92. The number of rotatable bonds is 6. The van der Waals surface area contributed by atoms with Crippen LogP contribution in [-0.4, -0.2) is 30.3 Å². The van der Waals surface area contributed by atoms with Crippen molar-refractivity contribution in [1.82, 2.24) is 5.32 Å². The molecule has 1 aromatic heterocycles. The molecule has 1 N–H and O–H groups in total. The van der Waals surface area contributed by atoms with E-state index in [0.717, 1.165) is 11.8 Å². The standard InChI is InChI=1S/C12H16N2O4S/c1-9(2)13-10(15)7-18-12(16)8-19-11-5-3-4-6-14(11)17/h3-6,9H,7-8H2,1-2H3,(H,13,15). The highest BCUT2D eigenvalue weighted by Gasteiger charge is 2.12. The quantitative estimate of drug-likeness (QED) is 0.355. The van der Waals surface area contributed by atoms with Crippen LogP contribution in [0.2, 0.25) is 0 Å².